The summed E-state index contributed by atoms with van der Waals surface area (Å²) in [4.78, 5) is 20.2. The van der Waals surface area contributed by atoms with Gasteiger partial charge in [-0.1, -0.05) is 11.6 Å². The molecule has 0 heterocycles. The molecule has 1 aromatic carbocycles. The minimum Gasteiger partial charge on any atom is -0.481 e. The minimum atomic E-state index is -0.882. The quantitative estimate of drug-likeness (QED) is 0.461. The molecule has 1 aromatic rings. The molecule has 1 rings (SSSR count). The summed E-state index contributed by atoms with van der Waals surface area (Å²) < 4.78 is 0. The predicted octanol–water partition coefficient (Wildman–Crippen LogP) is 1.81. The molecule has 0 unspecified atom stereocenters. The van der Waals surface area contributed by atoms with E-state index in [9.17, 15) is 14.9 Å². The Morgan fingerprint density at radius 3 is 2.76 bits per heavy atom. The fraction of sp³-hybridized carbons (Fsp3) is 0.300. The molecule has 17 heavy (non-hydrogen) atoms. The summed E-state index contributed by atoms with van der Waals surface area (Å²) in [6, 6.07) is 4.18. The second-order valence-corrected chi connectivity index (χ2v) is 3.76. The Bertz CT molecular complexity index is 436. The molecule has 7 heteroatoms. The third kappa shape index (κ3) is 4.38. The maximum Gasteiger partial charge on any atom is 0.304 e. The fourth-order valence-electron chi connectivity index (χ4n) is 1.21. The lowest BCUT2D eigenvalue weighted by Crippen LogP contribution is -2.17. The van der Waals surface area contributed by atoms with Crippen LogP contribution < -0.4 is 5.32 Å². The van der Waals surface area contributed by atoms with Crippen molar-refractivity contribution in [3.05, 3.63) is 38.9 Å². The predicted molar refractivity (Wildman–Crippen MR) is 62.1 cm³/mol. The van der Waals surface area contributed by atoms with Crippen molar-refractivity contribution in [1.82, 2.24) is 5.32 Å². The zero-order valence-electron chi connectivity index (χ0n) is 8.85. The largest absolute Gasteiger partial charge is 0.481 e. The normalized spacial score (nSPS) is 10.2. The van der Waals surface area contributed by atoms with Gasteiger partial charge in [0.05, 0.1) is 16.4 Å². The summed E-state index contributed by atoms with van der Waals surface area (Å²) in [5.41, 5.74) is 0.631. The van der Waals surface area contributed by atoms with Gasteiger partial charge in [-0.25, -0.2) is 0 Å². The molecule has 0 aromatic heterocycles. The number of nitro groups is 1. The van der Waals surface area contributed by atoms with Gasteiger partial charge in [-0.3, -0.25) is 14.9 Å². The van der Waals surface area contributed by atoms with Crippen molar-refractivity contribution in [2.45, 2.75) is 13.0 Å². The molecule has 2 N–H and O–H groups in total. The first-order valence-corrected chi connectivity index (χ1v) is 5.24. The number of carboxylic acid groups (broad SMARTS) is 1. The number of hydrogen-bond acceptors (Lipinski definition) is 4. The van der Waals surface area contributed by atoms with E-state index in [4.69, 9.17) is 16.7 Å². The van der Waals surface area contributed by atoms with Crippen LogP contribution in [0, 0.1) is 10.1 Å². The number of hydrogen-bond donors (Lipinski definition) is 2. The van der Waals surface area contributed by atoms with Crippen LogP contribution in [-0.2, 0) is 11.3 Å². The van der Waals surface area contributed by atoms with Crippen LogP contribution in [0.4, 0.5) is 5.69 Å². The van der Waals surface area contributed by atoms with Gasteiger partial charge in [-0.05, 0) is 11.6 Å². The van der Waals surface area contributed by atoms with Gasteiger partial charge in [0.15, 0.2) is 0 Å². The van der Waals surface area contributed by atoms with E-state index in [2.05, 4.69) is 5.32 Å². The van der Waals surface area contributed by atoms with Crippen LogP contribution in [0.1, 0.15) is 12.0 Å². The van der Waals surface area contributed by atoms with Crippen molar-refractivity contribution in [2.75, 3.05) is 6.54 Å². The van der Waals surface area contributed by atoms with Crippen LogP contribution in [0.15, 0.2) is 18.2 Å². The highest BCUT2D eigenvalue weighted by atomic mass is 35.5. The van der Waals surface area contributed by atoms with Crippen LogP contribution >= 0.6 is 11.6 Å². The van der Waals surface area contributed by atoms with Crippen molar-refractivity contribution in [3.63, 3.8) is 0 Å². The fourth-order valence-corrected chi connectivity index (χ4v) is 1.45. The highest BCUT2D eigenvalue weighted by molar-refractivity contribution is 6.31. The first-order valence-electron chi connectivity index (χ1n) is 4.86. The Morgan fingerprint density at radius 1 is 1.53 bits per heavy atom. The number of aliphatic carboxylic acids is 1. The van der Waals surface area contributed by atoms with E-state index in [1.807, 2.05) is 0 Å². The maximum atomic E-state index is 10.5. The molecule has 0 saturated carbocycles. The molecule has 0 radical (unpaired) electrons. The van der Waals surface area contributed by atoms with Crippen LogP contribution in [0.2, 0.25) is 5.02 Å². The minimum absolute atomic E-state index is 0.0185. The number of carboxylic acids is 1. The van der Waals surface area contributed by atoms with E-state index < -0.39 is 10.9 Å². The number of carbonyl (C=O) groups is 1. The maximum absolute atomic E-state index is 10.5. The Kier molecular flexibility index (Phi) is 4.86. The van der Waals surface area contributed by atoms with Crippen LogP contribution in [-0.4, -0.2) is 22.5 Å². The number of nitrogens with zero attached hydrogens (tertiary/aromatic N) is 1. The first kappa shape index (κ1) is 13.4. The van der Waals surface area contributed by atoms with Crippen LogP contribution in [0.25, 0.3) is 0 Å². The lowest BCUT2D eigenvalue weighted by atomic mass is 10.2. The molecule has 0 amide bonds. The van der Waals surface area contributed by atoms with Gasteiger partial charge in [0, 0.05) is 25.2 Å². The second-order valence-electron chi connectivity index (χ2n) is 3.35. The molecule has 0 spiro atoms. The molecule has 0 aliphatic rings. The summed E-state index contributed by atoms with van der Waals surface area (Å²) >= 11 is 5.85. The van der Waals surface area contributed by atoms with Gasteiger partial charge >= 0.3 is 5.97 Å². The molecule has 0 aliphatic carbocycles. The number of nitro benzene ring substituents is 1. The van der Waals surface area contributed by atoms with Gasteiger partial charge in [0.25, 0.3) is 5.69 Å². The highest BCUT2D eigenvalue weighted by Gasteiger charge is 2.08. The average Bonchev–Trinajstić information content (AvgIpc) is 2.25. The van der Waals surface area contributed by atoms with E-state index in [-0.39, 0.29) is 12.1 Å². The number of nitrogens with one attached hydrogen (secondary N) is 1. The topological polar surface area (TPSA) is 92.5 Å². The Balaban J connectivity index is 2.54. The van der Waals surface area contributed by atoms with E-state index in [1.165, 1.54) is 12.1 Å². The summed E-state index contributed by atoms with van der Waals surface area (Å²) in [7, 11) is 0. The monoisotopic (exact) mass is 258 g/mol. The summed E-state index contributed by atoms with van der Waals surface area (Å²) in [6.45, 7) is 0.701. The molecular weight excluding hydrogens is 248 g/mol. The third-order valence-corrected chi connectivity index (χ3v) is 2.43. The van der Waals surface area contributed by atoms with Gasteiger partial charge in [-0.15, -0.1) is 0 Å². The van der Waals surface area contributed by atoms with E-state index in [1.54, 1.807) is 6.07 Å². The molecule has 6 nitrogen and oxygen atoms in total. The molecule has 0 atom stereocenters. The Labute approximate surface area is 102 Å². The van der Waals surface area contributed by atoms with Gasteiger partial charge < -0.3 is 10.4 Å². The van der Waals surface area contributed by atoms with Crippen LogP contribution in [0.5, 0.6) is 0 Å². The number of halogens is 1. The summed E-state index contributed by atoms with van der Waals surface area (Å²) in [5.74, 6) is -0.882. The SMILES string of the molecule is O=C(O)CCNCc1ccc([N+](=O)[O-])cc1Cl. The number of non-ortho nitro benzene ring substituents is 1. The number of benzene rings is 1. The zero-order chi connectivity index (χ0) is 12.8. The van der Waals surface area contributed by atoms with E-state index >= 15 is 0 Å². The van der Waals surface area contributed by atoms with Gasteiger partial charge in [-0.2, -0.15) is 0 Å². The van der Waals surface area contributed by atoms with Gasteiger partial charge in [0.1, 0.15) is 0 Å². The van der Waals surface area contributed by atoms with Crippen molar-refractivity contribution >= 4 is 23.3 Å². The van der Waals surface area contributed by atoms with E-state index in [0.29, 0.717) is 23.7 Å². The zero-order valence-corrected chi connectivity index (χ0v) is 9.61. The standard InChI is InChI=1S/C10H11ClN2O4/c11-9-5-8(13(16)17)2-1-7(9)6-12-4-3-10(14)15/h1-2,5,12H,3-4,6H2,(H,14,15). The van der Waals surface area contributed by atoms with Crippen LogP contribution in [0.3, 0.4) is 0 Å². The first-order chi connectivity index (χ1) is 8.00. The smallest absolute Gasteiger partial charge is 0.304 e. The van der Waals surface area contributed by atoms with Crippen molar-refractivity contribution in [3.8, 4) is 0 Å². The Morgan fingerprint density at radius 2 is 2.24 bits per heavy atom. The summed E-state index contributed by atoms with van der Waals surface area (Å²) in [6.07, 6.45) is 0.0185. The molecule has 0 fully saturated rings. The lowest BCUT2D eigenvalue weighted by Gasteiger charge is -2.05. The van der Waals surface area contributed by atoms with Crippen molar-refractivity contribution < 1.29 is 14.8 Å². The molecule has 0 saturated heterocycles. The third-order valence-electron chi connectivity index (χ3n) is 2.08. The van der Waals surface area contributed by atoms with Crippen molar-refractivity contribution in [2.24, 2.45) is 0 Å². The average molecular weight is 259 g/mol. The number of rotatable bonds is 6. The Hall–Kier alpha value is -1.66. The lowest BCUT2D eigenvalue weighted by molar-refractivity contribution is -0.384. The van der Waals surface area contributed by atoms with E-state index in [0.717, 1.165) is 0 Å². The highest BCUT2D eigenvalue weighted by Crippen LogP contribution is 2.22. The molecular formula is C10H11ClN2O4. The van der Waals surface area contributed by atoms with Gasteiger partial charge in [0.2, 0.25) is 0 Å². The molecule has 0 aliphatic heterocycles. The molecule has 92 valence electrons. The molecule has 0 bridgehead atoms. The second kappa shape index (κ2) is 6.17. The summed E-state index contributed by atoms with van der Waals surface area (Å²) in [5, 5.41) is 22.1. The van der Waals surface area contributed by atoms with Crippen molar-refractivity contribution in [1.29, 1.82) is 0 Å².